The highest BCUT2D eigenvalue weighted by Crippen LogP contribution is 2.38. The molecule has 120 valence electrons. The minimum absolute atomic E-state index is 0.100. The number of hydrogen-bond acceptors (Lipinski definition) is 1. The van der Waals surface area contributed by atoms with Crippen molar-refractivity contribution < 1.29 is 5.11 Å². The van der Waals surface area contributed by atoms with Crippen LogP contribution in [0.5, 0.6) is 0 Å². The molecule has 0 radical (unpaired) electrons. The monoisotopic (exact) mass is 306 g/mol. The largest absolute Gasteiger partial charge is 0.392 e. The van der Waals surface area contributed by atoms with Gasteiger partial charge in [-0.2, -0.15) is 0 Å². The van der Waals surface area contributed by atoms with Crippen molar-refractivity contribution in [3.8, 4) is 0 Å². The van der Waals surface area contributed by atoms with Gasteiger partial charge in [-0.05, 0) is 65.0 Å². The van der Waals surface area contributed by atoms with Crippen molar-refractivity contribution in [3.05, 3.63) is 70.3 Å². The predicted molar refractivity (Wildman–Crippen MR) is 98.3 cm³/mol. The summed E-state index contributed by atoms with van der Waals surface area (Å²) in [6.07, 6.45) is 6.00. The van der Waals surface area contributed by atoms with Gasteiger partial charge in [0.2, 0.25) is 0 Å². The van der Waals surface area contributed by atoms with E-state index >= 15 is 0 Å². The first-order valence-corrected chi connectivity index (χ1v) is 8.51. The Morgan fingerprint density at radius 1 is 1.13 bits per heavy atom. The molecule has 2 aromatic carbocycles. The van der Waals surface area contributed by atoms with E-state index in [9.17, 15) is 0 Å². The van der Waals surface area contributed by atoms with Crippen LogP contribution in [-0.4, -0.2) is 5.11 Å². The van der Waals surface area contributed by atoms with E-state index in [4.69, 9.17) is 5.11 Å². The van der Waals surface area contributed by atoms with E-state index in [2.05, 4.69) is 57.2 Å². The van der Waals surface area contributed by atoms with Crippen molar-refractivity contribution in [1.29, 1.82) is 0 Å². The van der Waals surface area contributed by atoms with Crippen molar-refractivity contribution >= 4 is 11.6 Å². The Hall–Kier alpha value is -1.86. The van der Waals surface area contributed by atoms with Gasteiger partial charge in [-0.15, -0.1) is 0 Å². The van der Waals surface area contributed by atoms with E-state index in [0.717, 1.165) is 5.56 Å². The molecule has 0 amide bonds. The molecule has 0 unspecified atom stereocenters. The number of fused-ring (bicyclic) bond motifs is 1. The summed E-state index contributed by atoms with van der Waals surface area (Å²) >= 11 is 0. The number of aliphatic hydroxyl groups excluding tert-OH is 1. The molecule has 1 aliphatic carbocycles. The van der Waals surface area contributed by atoms with Crippen molar-refractivity contribution in [1.82, 2.24) is 0 Å². The fourth-order valence-electron chi connectivity index (χ4n) is 3.58. The molecular weight excluding hydrogens is 280 g/mol. The second-order valence-electron chi connectivity index (χ2n) is 7.34. The molecule has 0 bridgehead atoms. The van der Waals surface area contributed by atoms with Crippen LogP contribution in [0.15, 0.2) is 42.5 Å². The maximum absolute atomic E-state index is 9.13. The number of allylic oxidation sites excluding steroid dienone is 1. The van der Waals surface area contributed by atoms with Gasteiger partial charge in [-0.25, -0.2) is 0 Å². The van der Waals surface area contributed by atoms with Crippen LogP contribution < -0.4 is 0 Å². The van der Waals surface area contributed by atoms with Crippen molar-refractivity contribution in [2.45, 2.75) is 52.1 Å². The summed E-state index contributed by atoms with van der Waals surface area (Å²) in [7, 11) is 0. The van der Waals surface area contributed by atoms with Gasteiger partial charge in [0.25, 0.3) is 0 Å². The van der Waals surface area contributed by atoms with Gasteiger partial charge in [-0.3, -0.25) is 0 Å². The van der Waals surface area contributed by atoms with E-state index in [0.29, 0.717) is 0 Å². The fraction of sp³-hybridized carbons (Fsp3) is 0.364. The summed E-state index contributed by atoms with van der Waals surface area (Å²) in [5, 5.41) is 9.13. The standard InChI is InChI=1S/C22H26O/c1-16(13-17-6-8-18(15-23)9-7-17)20-11-10-19-5-4-12-22(2,3)21(19)14-20/h6-11,13-14,23H,4-5,12,15H2,1-3H3/b16-13-. The van der Waals surface area contributed by atoms with Crippen LogP contribution in [0.2, 0.25) is 0 Å². The Morgan fingerprint density at radius 3 is 2.57 bits per heavy atom. The molecule has 2 aromatic rings. The van der Waals surface area contributed by atoms with Gasteiger partial charge >= 0.3 is 0 Å². The average molecular weight is 306 g/mol. The lowest BCUT2D eigenvalue weighted by atomic mass is 9.72. The van der Waals surface area contributed by atoms with Crippen LogP contribution in [0.25, 0.3) is 11.6 Å². The highest BCUT2D eigenvalue weighted by molar-refractivity contribution is 5.80. The van der Waals surface area contributed by atoms with Crippen LogP contribution in [0.3, 0.4) is 0 Å². The summed E-state index contributed by atoms with van der Waals surface area (Å²) in [6, 6.07) is 15.1. The van der Waals surface area contributed by atoms with Gasteiger partial charge in [0.15, 0.2) is 0 Å². The molecule has 3 rings (SSSR count). The zero-order valence-electron chi connectivity index (χ0n) is 14.4. The minimum Gasteiger partial charge on any atom is -0.392 e. The summed E-state index contributed by atoms with van der Waals surface area (Å²) in [4.78, 5) is 0. The Morgan fingerprint density at radius 2 is 1.87 bits per heavy atom. The number of hydrogen-bond donors (Lipinski definition) is 1. The molecular formula is C22H26O. The summed E-state index contributed by atoms with van der Waals surface area (Å²) in [5.74, 6) is 0. The van der Waals surface area contributed by atoms with E-state index in [1.807, 2.05) is 12.1 Å². The third-order valence-electron chi connectivity index (χ3n) is 5.09. The molecule has 0 aromatic heterocycles. The van der Waals surface area contributed by atoms with E-state index < -0.39 is 0 Å². The lowest BCUT2D eigenvalue weighted by Gasteiger charge is -2.33. The van der Waals surface area contributed by atoms with Crippen molar-refractivity contribution in [2.24, 2.45) is 0 Å². The third kappa shape index (κ3) is 3.40. The maximum Gasteiger partial charge on any atom is 0.0681 e. The Kier molecular flexibility index (Phi) is 4.41. The van der Waals surface area contributed by atoms with E-state index in [1.165, 1.54) is 47.1 Å². The maximum atomic E-state index is 9.13. The molecule has 23 heavy (non-hydrogen) atoms. The lowest BCUT2D eigenvalue weighted by molar-refractivity contribution is 0.282. The molecule has 0 heterocycles. The molecule has 0 spiro atoms. The van der Waals surface area contributed by atoms with Gasteiger partial charge in [-0.1, -0.05) is 62.4 Å². The molecule has 1 heteroatoms. The second-order valence-corrected chi connectivity index (χ2v) is 7.34. The molecule has 0 fully saturated rings. The molecule has 1 N–H and O–H groups in total. The normalized spacial score (nSPS) is 17.0. The van der Waals surface area contributed by atoms with Crippen molar-refractivity contribution in [2.75, 3.05) is 0 Å². The minimum atomic E-state index is 0.100. The average Bonchev–Trinajstić information content (AvgIpc) is 2.55. The van der Waals surface area contributed by atoms with Gasteiger partial charge < -0.3 is 5.11 Å². The van der Waals surface area contributed by atoms with Gasteiger partial charge in [0.1, 0.15) is 0 Å². The summed E-state index contributed by atoms with van der Waals surface area (Å²) in [6.45, 7) is 7.00. The van der Waals surface area contributed by atoms with Crippen LogP contribution >= 0.6 is 0 Å². The number of aliphatic hydroxyl groups is 1. The van der Waals surface area contributed by atoms with Crippen LogP contribution in [-0.2, 0) is 18.4 Å². The first kappa shape index (κ1) is 16.0. The predicted octanol–water partition coefficient (Wildman–Crippen LogP) is 5.35. The quantitative estimate of drug-likeness (QED) is 0.757. The van der Waals surface area contributed by atoms with Gasteiger partial charge in [0, 0.05) is 0 Å². The molecule has 0 saturated carbocycles. The first-order chi connectivity index (χ1) is 11.0. The van der Waals surface area contributed by atoms with Crippen LogP contribution in [0.1, 0.15) is 61.4 Å². The zero-order chi connectivity index (χ0) is 16.4. The Bertz CT molecular complexity index is 720. The molecule has 1 nitrogen and oxygen atoms in total. The smallest absolute Gasteiger partial charge is 0.0681 e. The highest BCUT2D eigenvalue weighted by Gasteiger charge is 2.27. The van der Waals surface area contributed by atoms with E-state index in [1.54, 1.807) is 0 Å². The van der Waals surface area contributed by atoms with Gasteiger partial charge in [0.05, 0.1) is 6.61 Å². The molecule has 0 aliphatic heterocycles. The van der Waals surface area contributed by atoms with Crippen molar-refractivity contribution in [3.63, 3.8) is 0 Å². The number of rotatable bonds is 3. The molecule has 0 atom stereocenters. The van der Waals surface area contributed by atoms with E-state index in [-0.39, 0.29) is 12.0 Å². The topological polar surface area (TPSA) is 20.2 Å². The fourth-order valence-corrected chi connectivity index (χ4v) is 3.58. The third-order valence-corrected chi connectivity index (χ3v) is 5.09. The van der Waals surface area contributed by atoms with Crippen LogP contribution in [0.4, 0.5) is 0 Å². The summed E-state index contributed by atoms with van der Waals surface area (Å²) < 4.78 is 0. The Balaban J connectivity index is 1.93. The first-order valence-electron chi connectivity index (χ1n) is 8.51. The summed E-state index contributed by atoms with van der Waals surface area (Å²) in [5.41, 5.74) is 8.05. The SMILES string of the molecule is C/C(=C/c1ccc(CO)cc1)c1ccc2c(c1)C(C)(C)CCC2. The highest BCUT2D eigenvalue weighted by atomic mass is 16.3. The Labute approximate surface area is 139 Å². The molecule has 0 saturated heterocycles. The number of benzene rings is 2. The number of aryl methyl sites for hydroxylation is 1. The van der Waals surface area contributed by atoms with Crippen LogP contribution in [0, 0.1) is 0 Å². The zero-order valence-corrected chi connectivity index (χ0v) is 14.4. The lowest BCUT2D eigenvalue weighted by Crippen LogP contribution is -2.23. The molecule has 1 aliphatic rings. The second kappa shape index (κ2) is 6.33.